The smallest absolute Gasteiger partial charge is 0.212 e. The van der Waals surface area contributed by atoms with Gasteiger partial charge in [-0.1, -0.05) is 35.7 Å². The summed E-state index contributed by atoms with van der Waals surface area (Å²) in [5.74, 6) is 0.848. The number of nitrogens with zero attached hydrogens (tertiary/aromatic N) is 1. The van der Waals surface area contributed by atoms with Crippen molar-refractivity contribution in [2.75, 3.05) is 12.3 Å². The van der Waals surface area contributed by atoms with Gasteiger partial charge in [0, 0.05) is 17.0 Å². The summed E-state index contributed by atoms with van der Waals surface area (Å²) in [5, 5.41) is 0.281. The molecule has 2 fully saturated rings. The molecule has 2 saturated heterocycles. The average Bonchev–Trinajstić information content (AvgIpc) is 2.30. The van der Waals surface area contributed by atoms with Crippen LogP contribution in [-0.2, 0) is 4.79 Å². The summed E-state index contributed by atoms with van der Waals surface area (Å²) in [7, 11) is 0. The summed E-state index contributed by atoms with van der Waals surface area (Å²) in [6, 6.07) is 0.0514. The Bertz CT molecular complexity index is 277. The molecule has 0 aromatic heterocycles. The molecule has 72 valence electrons. The third kappa shape index (κ3) is 1.74. The monoisotopic (exact) mass is 233 g/mol. The molecule has 0 spiro atoms. The lowest BCUT2D eigenvalue weighted by molar-refractivity contribution is -0.114. The molecule has 0 aromatic rings. The van der Waals surface area contributed by atoms with E-state index < -0.39 is 0 Å². The first-order valence-corrected chi connectivity index (χ1v) is 6.37. The lowest BCUT2D eigenvalue weighted by Gasteiger charge is -2.38. The van der Waals surface area contributed by atoms with Crippen molar-refractivity contribution in [2.45, 2.75) is 24.6 Å². The minimum atomic E-state index is 0.0164. The number of fused-ring (bicyclic) bond motifs is 1. The Labute approximate surface area is 91.8 Å². The van der Waals surface area contributed by atoms with Gasteiger partial charge in [0.2, 0.25) is 5.12 Å². The molecule has 2 nitrogen and oxygen atoms in total. The lowest BCUT2D eigenvalue weighted by Crippen LogP contribution is -2.50. The molecule has 0 aromatic carbocycles. The van der Waals surface area contributed by atoms with Crippen LogP contribution in [0.4, 0.5) is 0 Å². The van der Waals surface area contributed by atoms with E-state index in [0.717, 1.165) is 16.6 Å². The normalized spacial score (nSPS) is 32.2. The van der Waals surface area contributed by atoms with Gasteiger partial charge in [0.1, 0.15) is 10.4 Å². The molecule has 0 N–H and O–H groups in total. The van der Waals surface area contributed by atoms with Gasteiger partial charge in [-0.3, -0.25) is 4.79 Å². The van der Waals surface area contributed by atoms with Crippen LogP contribution in [0.15, 0.2) is 0 Å². The molecule has 0 amide bonds. The number of thiocarbonyl (C=S) groups is 1. The average molecular weight is 233 g/mol. The Hall–Kier alpha value is 0.260. The van der Waals surface area contributed by atoms with Gasteiger partial charge in [-0.05, 0) is 13.8 Å². The highest BCUT2D eigenvalue weighted by molar-refractivity contribution is 8.23. The zero-order valence-corrected chi connectivity index (χ0v) is 10.0. The van der Waals surface area contributed by atoms with E-state index in [4.69, 9.17) is 12.2 Å². The SMILES string of the molecule is CC1(C)CN2C(=S)SC[C@H]2C(=O)S1. The first-order valence-electron chi connectivity index (χ1n) is 4.16. The summed E-state index contributed by atoms with van der Waals surface area (Å²) >= 11 is 8.30. The third-order valence-corrected chi connectivity index (χ3v) is 4.88. The van der Waals surface area contributed by atoms with Crippen molar-refractivity contribution >= 4 is 45.2 Å². The molecule has 0 aliphatic carbocycles. The third-order valence-electron chi connectivity index (χ3n) is 2.18. The van der Waals surface area contributed by atoms with Gasteiger partial charge in [0.25, 0.3) is 0 Å². The van der Waals surface area contributed by atoms with Gasteiger partial charge < -0.3 is 4.90 Å². The van der Waals surface area contributed by atoms with Crippen molar-refractivity contribution in [1.29, 1.82) is 0 Å². The molecule has 1 atom stereocenters. The van der Waals surface area contributed by atoms with Gasteiger partial charge in [-0.15, -0.1) is 0 Å². The summed E-state index contributed by atoms with van der Waals surface area (Å²) in [6.45, 7) is 5.09. The van der Waals surface area contributed by atoms with E-state index in [1.165, 1.54) is 11.8 Å². The minimum Gasteiger partial charge on any atom is -0.344 e. The van der Waals surface area contributed by atoms with Gasteiger partial charge in [0.05, 0.1) is 0 Å². The topological polar surface area (TPSA) is 20.3 Å². The van der Waals surface area contributed by atoms with Crippen LogP contribution in [0.3, 0.4) is 0 Å². The quantitative estimate of drug-likeness (QED) is 0.592. The van der Waals surface area contributed by atoms with Crippen molar-refractivity contribution < 1.29 is 4.79 Å². The van der Waals surface area contributed by atoms with Gasteiger partial charge in [-0.25, -0.2) is 0 Å². The van der Waals surface area contributed by atoms with E-state index in [2.05, 4.69) is 18.7 Å². The Balaban J connectivity index is 2.24. The highest BCUT2D eigenvalue weighted by atomic mass is 32.2. The Morgan fingerprint density at radius 1 is 1.62 bits per heavy atom. The maximum absolute atomic E-state index is 11.7. The van der Waals surface area contributed by atoms with Crippen molar-refractivity contribution in [2.24, 2.45) is 0 Å². The molecule has 2 heterocycles. The fourth-order valence-electron chi connectivity index (χ4n) is 1.60. The maximum Gasteiger partial charge on any atom is 0.212 e. The largest absolute Gasteiger partial charge is 0.344 e. The Morgan fingerprint density at radius 3 is 3.00 bits per heavy atom. The van der Waals surface area contributed by atoms with Gasteiger partial charge in [-0.2, -0.15) is 0 Å². The summed E-state index contributed by atoms with van der Waals surface area (Å²) in [5.41, 5.74) is 0. The molecule has 0 saturated carbocycles. The first-order chi connectivity index (χ1) is 5.99. The molecule has 0 radical (unpaired) electrons. The van der Waals surface area contributed by atoms with Crippen LogP contribution < -0.4 is 0 Å². The van der Waals surface area contributed by atoms with Crippen LogP contribution in [0.25, 0.3) is 0 Å². The number of rotatable bonds is 0. The van der Waals surface area contributed by atoms with E-state index in [1.54, 1.807) is 11.8 Å². The van der Waals surface area contributed by atoms with Gasteiger partial charge in [0.15, 0.2) is 0 Å². The van der Waals surface area contributed by atoms with Crippen molar-refractivity contribution in [3.05, 3.63) is 0 Å². The van der Waals surface area contributed by atoms with Crippen LogP contribution in [0.5, 0.6) is 0 Å². The van der Waals surface area contributed by atoms with E-state index in [-0.39, 0.29) is 15.9 Å². The summed E-state index contributed by atoms with van der Waals surface area (Å²) < 4.78 is 0.912. The predicted molar refractivity (Wildman–Crippen MR) is 62.2 cm³/mol. The fraction of sp³-hybridized carbons (Fsp3) is 0.750. The van der Waals surface area contributed by atoms with E-state index in [1.807, 2.05) is 0 Å². The Morgan fingerprint density at radius 2 is 2.31 bits per heavy atom. The molecule has 0 unspecified atom stereocenters. The molecular weight excluding hydrogens is 222 g/mol. The molecule has 2 aliphatic rings. The minimum absolute atomic E-state index is 0.0164. The highest BCUT2D eigenvalue weighted by Crippen LogP contribution is 2.39. The maximum atomic E-state index is 11.7. The molecule has 13 heavy (non-hydrogen) atoms. The summed E-state index contributed by atoms with van der Waals surface area (Å²) in [6.07, 6.45) is 0. The van der Waals surface area contributed by atoms with Crippen molar-refractivity contribution in [3.63, 3.8) is 0 Å². The van der Waals surface area contributed by atoms with Crippen LogP contribution in [0, 0.1) is 0 Å². The number of hydrogen-bond acceptors (Lipinski definition) is 4. The number of carbonyl (C=O) groups excluding carboxylic acids is 1. The van der Waals surface area contributed by atoms with Crippen LogP contribution in [-0.4, -0.2) is 37.4 Å². The number of hydrogen-bond donors (Lipinski definition) is 0. The van der Waals surface area contributed by atoms with Gasteiger partial charge >= 0.3 is 0 Å². The zero-order valence-electron chi connectivity index (χ0n) is 7.57. The molecule has 5 heteroatoms. The zero-order chi connectivity index (χ0) is 9.64. The van der Waals surface area contributed by atoms with E-state index in [9.17, 15) is 4.79 Å². The molecule has 2 rings (SSSR count). The Kier molecular flexibility index (Phi) is 2.37. The fourth-order valence-corrected chi connectivity index (χ4v) is 4.19. The number of carbonyl (C=O) groups is 1. The molecule has 2 aliphatic heterocycles. The van der Waals surface area contributed by atoms with Crippen LogP contribution >= 0.6 is 35.7 Å². The first kappa shape index (κ1) is 9.80. The van der Waals surface area contributed by atoms with Crippen LogP contribution in [0.1, 0.15) is 13.8 Å². The van der Waals surface area contributed by atoms with E-state index in [0.29, 0.717) is 0 Å². The summed E-state index contributed by atoms with van der Waals surface area (Å²) in [4.78, 5) is 13.8. The standard InChI is InChI=1S/C8H11NOS3/c1-8(2)4-9-5(6(10)13-8)3-12-7(9)11/h5H,3-4H2,1-2H3/t5-/m0/s1. The van der Waals surface area contributed by atoms with Crippen molar-refractivity contribution in [3.8, 4) is 0 Å². The second-order valence-electron chi connectivity index (χ2n) is 3.90. The predicted octanol–water partition coefficient (Wildman–Crippen LogP) is 1.74. The molecule has 0 bridgehead atoms. The second-order valence-corrected chi connectivity index (χ2v) is 7.27. The van der Waals surface area contributed by atoms with Crippen LogP contribution in [0.2, 0.25) is 0 Å². The van der Waals surface area contributed by atoms with Crippen molar-refractivity contribution in [1.82, 2.24) is 4.90 Å². The molecular formula is C8H11NOS3. The second kappa shape index (κ2) is 3.14. The highest BCUT2D eigenvalue weighted by Gasteiger charge is 2.44. The lowest BCUT2D eigenvalue weighted by atomic mass is 10.1. The number of thioether (sulfide) groups is 2. The van der Waals surface area contributed by atoms with E-state index >= 15 is 0 Å².